The lowest BCUT2D eigenvalue weighted by atomic mass is 10.1. The van der Waals surface area contributed by atoms with Gasteiger partial charge >= 0.3 is 5.97 Å². The Kier molecular flexibility index (Phi) is 8.47. The van der Waals surface area contributed by atoms with Crippen LogP contribution in [0, 0.1) is 0 Å². The molecule has 6 heteroatoms. The Morgan fingerprint density at radius 2 is 1.80 bits per heavy atom. The first kappa shape index (κ1) is 18.3. The van der Waals surface area contributed by atoms with Gasteiger partial charge in [0.1, 0.15) is 0 Å². The number of carbonyl (C=O) groups is 1. The summed E-state index contributed by atoms with van der Waals surface area (Å²) in [5.41, 5.74) is -0.242. The van der Waals surface area contributed by atoms with Crippen LogP contribution in [0.15, 0.2) is 27.5 Å². The van der Waals surface area contributed by atoms with E-state index in [1.165, 1.54) is 7.11 Å². The Bertz CT molecular complexity index is 623. The zero-order chi connectivity index (χ0) is 15.7. The molecule has 0 saturated carbocycles. The standard InChI is InChI=1S/C10H7BrN2O3.2C2H6/c1-16-10(15)8-7-4-5(11)2-3-6(7)9(14)13-12-8;2*1-2/h2-4H,1H3,(H,13,14);2*1-2H3. The van der Waals surface area contributed by atoms with Gasteiger partial charge in [0.05, 0.1) is 12.5 Å². The summed E-state index contributed by atoms with van der Waals surface area (Å²) in [6.45, 7) is 8.00. The molecule has 0 aliphatic heterocycles. The minimum atomic E-state index is -0.584. The van der Waals surface area contributed by atoms with Gasteiger partial charge in [-0.3, -0.25) is 4.79 Å². The van der Waals surface area contributed by atoms with Crippen molar-refractivity contribution < 1.29 is 9.53 Å². The maximum absolute atomic E-state index is 11.5. The van der Waals surface area contributed by atoms with Gasteiger partial charge in [-0.15, -0.1) is 0 Å². The van der Waals surface area contributed by atoms with Crippen molar-refractivity contribution in [3.63, 3.8) is 0 Å². The number of aromatic amines is 1. The van der Waals surface area contributed by atoms with Crippen LogP contribution in [0.4, 0.5) is 0 Å². The van der Waals surface area contributed by atoms with E-state index in [-0.39, 0.29) is 11.3 Å². The third-order valence-electron chi connectivity index (χ3n) is 2.13. The molecule has 110 valence electrons. The van der Waals surface area contributed by atoms with E-state index in [1.54, 1.807) is 18.2 Å². The largest absolute Gasteiger partial charge is 0.464 e. The fraction of sp³-hybridized carbons (Fsp3) is 0.357. The summed E-state index contributed by atoms with van der Waals surface area (Å²) in [5, 5.41) is 6.81. The van der Waals surface area contributed by atoms with Crippen LogP contribution in [-0.2, 0) is 4.74 Å². The van der Waals surface area contributed by atoms with Crippen LogP contribution < -0.4 is 5.56 Å². The number of hydrogen-bond donors (Lipinski definition) is 1. The van der Waals surface area contributed by atoms with E-state index in [4.69, 9.17) is 0 Å². The van der Waals surface area contributed by atoms with Crippen molar-refractivity contribution in [1.82, 2.24) is 10.2 Å². The Hall–Kier alpha value is -1.69. The second-order valence-electron chi connectivity index (χ2n) is 3.08. The van der Waals surface area contributed by atoms with Crippen LogP contribution in [0.5, 0.6) is 0 Å². The number of halogens is 1. The van der Waals surface area contributed by atoms with Gasteiger partial charge in [0.25, 0.3) is 5.56 Å². The lowest BCUT2D eigenvalue weighted by Gasteiger charge is -2.02. The van der Waals surface area contributed by atoms with Gasteiger partial charge in [-0.2, -0.15) is 5.10 Å². The maximum atomic E-state index is 11.5. The number of hydrogen-bond acceptors (Lipinski definition) is 4. The molecule has 0 radical (unpaired) electrons. The third-order valence-corrected chi connectivity index (χ3v) is 2.62. The van der Waals surface area contributed by atoms with Crippen molar-refractivity contribution in [1.29, 1.82) is 0 Å². The Morgan fingerprint density at radius 3 is 2.35 bits per heavy atom. The first-order valence-corrected chi connectivity index (χ1v) is 7.19. The summed E-state index contributed by atoms with van der Waals surface area (Å²) in [7, 11) is 1.26. The molecule has 1 heterocycles. The van der Waals surface area contributed by atoms with Crippen LogP contribution in [0.1, 0.15) is 38.2 Å². The Balaban J connectivity index is 0.000000829. The second kappa shape index (κ2) is 9.25. The number of nitrogens with zero attached hydrogens (tertiary/aromatic N) is 1. The first-order chi connectivity index (χ1) is 9.63. The first-order valence-electron chi connectivity index (χ1n) is 6.39. The van der Waals surface area contributed by atoms with Crippen molar-refractivity contribution in [2.24, 2.45) is 0 Å². The molecule has 0 saturated heterocycles. The highest BCUT2D eigenvalue weighted by Crippen LogP contribution is 2.19. The number of methoxy groups -OCH3 is 1. The molecule has 5 nitrogen and oxygen atoms in total. The number of rotatable bonds is 1. The average Bonchev–Trinajstić information content (AvgIpc) is 2.51. The Morgan fingerprint density at radius 1 is 1.20 bits per heavy atom. The quantitative estimate of drug-likeness (QED) is 0.804. The van der Waals surface area contributed by atoms with Crippen LogP contribution in [0.3, 0.4) is 0 Å². The van der Waals surface area contributed by atoms with Gasteiger partial charge in [0, 0.05) is 9.86 Å². The summed E-state index contributed by atoms with van der Waals surface area (Å²) in [4.78, 5) is 22.9. The van der Waals surface area contributed by atoms with E-state index < -0.39 is 5.97 Å². The molecule has 0 aliphatic carbocycles. The highest BCUT2D eigenvalue weighted by molar-refractivity contribution is 9.10. The molecule has 1 N–H and O–H groups in total. The van der Waals surface area contributed by atoms with E-state index >= 15 is 0 Å². The van der Waals surface area contributed by atoms with Crippen LogP contribution >= 0.6 is 15.9 Å². The molecule has 0 atom stereocenters. The van der Waals surface area contributed by atoms with Crippen molar-refractivity contribution in [2.45, 2.75) is 27.7 Å². The van der Waals surface area contributed by atoms with Crippen molar-refractivity contribution in [3.8, 4) is 0 Å². The number of nitrogens with one attached hydrogen (secondary N) is 1. The summed E-state index contributed by atoms with van der Waals surface area (Å²) in [6.07, 6.45) is 0. The molecular weight excluding hydrogens is 324 g/mol. The molecule has 0 amide bonds. The summed E-state index contributed by atoms with van der Waals surface area (Å²) < 4.78 is 5.35. The van der Waals surface area contributed by atoms with E-state index in [0.717, 1.165) is 4.47 Å². The zero-order valence-corrected chi connectivity index (χ0v) is 13.9. The Labute approximate surface area is 126 Å². The minimum absolute atomic E-state index is 0.0957. The molecule has 2 rings (SSSR count). The van der Waals surface area contributed by atoms with E-state index in [9.17, 15) is 9.59 Å². The number of ether oxygens (including phenoxy) is 1. The predicted molar refractivity (Wildman–Crippen MR) is 84.1 cm³/mol. The SMILES string of the molecule is CC.CC.COC(=O)c1n[nH]c(=O)c2ccc(Br)cc12. The lowest BCUT2D eigenvalue weighted by molar-refractivity contribution is 0.0595. The summed E-state index contributed by atoms with van der Waals surface area (Å²) in [6, 6.07) is 4.99. The van der Waals surface area contributed by atoms with Gasteiger partial charge in [-0.05, 0) is 18.2 Å². The summed E-state index contributed by atoms with van der Waals surface area (Å²) >= 11 is 3.27. The monoisotopic (exact) mass is 342 g/mol. The van der Waals surface area contributed by atoms with Gasteiger partial charge in [-0.25, -0.2) is 9.89 Å². The van der Waals surface area contributed by atoms with Crippen molar-refractivity contribution >= 4 is 32.7 Å². The third kappa shape index (κ3) is 4.16. The molecule has 1 aromatic heterocycles. The van der Waals surface area contributed by atoms with Gasteiger partial charge in [0.2, 0.25) is 0 Å². The number of H-pyrrole nitrogens is 1. The number of fused-ring (bicyclic) bond motifs is 1. The number of aromatic nitrogens is 2. The number of carbonyl (C=O) groups excluding carboxylic acids is 1. The molecule has 1 aromatic carbocycles. The predicted octanol–water partition coefficient (Wildman–Crippen LogP) is 3.52. The molecule has 2 aromatic rings. The van der Waals surface area contributed by atoms with Gasteiger partial charge in [0.15, 0.2) is 5.69 Å². The molecule has 0 bridgehead atoms. The van der Waals surface area contributed by atoms with Gasteiger partial charge in [-0.1, -0.05) is 43.6 Å². The molecule has 0 aliphatic rings. The fourth-order valence-corrected chi connectivity index (χ4v) is 1.75. The normalized spacial score (nSPS) is 8.90. The smallest absolute Gasteiger partial charge is 0.359 e. The van der Waals surface area contributed by atoms with Gasteiger partial charge < -0.3 is 4.74 Å². The fourth-order valence-electron chi connectivity index (χ4n) is 1.39. The second-order valence-corrected chi connectivity index (χ2v) is 4.00. The molecule has 0 spiro atoms. The molecule has 0 unspecified atom stereocenters. The van der Waals surface area contributed by atoms with Crippen molar-refractivity contribution in [2.75, 3.05) is 7.11 Å². The maximum Gasteiger partial charge on any atom is 0.359 e. The van der Waals surface area contributed by atoms with E-state index in [2.05, 4.69) is 30.9 Å². The summed E-state index contributed by atoms with van der Waals surface area (Å²) in [5.74, 6) is -0.584. The molecule has 20 heavy (non-hydrogen) atoms. The lowest BCUT2D eigenvalue weighted by Crippen LogP contribution is -2.15. The van der Waals surface area contributed by atoms with E-state index in [1.807, 2.05) is 27.7 Å². The van der Waals surface area contributed by atoms with E-state index in [0.29, 0.717) is 10.8 Å². The molecular formula is C14H19BrN2O3. The zero-order valence-electron chi connectivity index (χ0n) is 12.3. The van der Waals surface area contributed by atoms with Crippen LogP contribution in [0.25, 0.3) is 10.8 Å². The highest BCUT2D eigenvalue weighted by Gasteiger charge is 2.14. The highest BCUT2D eigenvalue weighted by atomic mass is 79.9. The van der Waals surface area contributed by atoms with Crippen LogP contribution in [-0.4, -0.2) is 23.3 Å². The average molecular weight is 343 g/mol. The number of esters is 1. The minimum Gasteiger partial charge on any atom is -0.464 e. The molecule has 0 fully saturated rings. The van der Waals surface area contributed by atoms with Crippen molar-refractivity contribution in [3.05, 3.63) is 38.7 Å². The van der Waals surface area contributed by atoms with Crippen LogP contribution in [0.2, 0.25) is 0 Å². The topological polar surface area (TPSA) is 72.0 Å². The number of benzene rings is 1.